The Balaban J connectivity index is 1.66. The molecule has 1 aliphatic heterocycles. The average Bonchev–Trinajstić information content (AvgIpc) is 3.05. The monoisotopic (exact) mass is 569 g/mol. The zero-order valence-electron chi connectivity index (χ0n) is 17.9. The van der Waals surface area contributed by atoms with Gasteiger partial charge in [0.2, 0.25) is 5.95 Å². The van der Waals surface area contributed by atoms with E-state index in [1.54, 1.807) is 13.1 Å². The van der Waals surface area contributed by atoms with Crippen LogP contribution in [-0.4, -0.2) is 27.8 Å². The first-order valence-electron chi connectivity index (χ1n) is 9.97. The fourth-order valence-electron chi connectivity index (χ4n) is 3.54. The molecule has 2 N–H and O–H groups in total. The van der Waals surface area contributed by atoms with Crippen LogP contribution in [0, 0.1) is 0 Å². The number of carbonyl (C=O) groups is 1. The first-order chi connectivity index (χ1) is 16.3. The van der Waals surface area contributed by atoms with Crippen LogP contribution < -0.4 is 20.4 Å². The van der Waals surface area contributed by atoms with Crippen molar-refractivity contribution in [3.05, 3.63) is 69.3 Å². The smallest absolute Gasteiger partial charge is 0.421 e. The Kier molecular flexibility index (Phi) is 6.62. The van der Waals surface area contributed by atoms with Gasteiger partial charge in [0.05, 0.1) is 11.3 Å². The SMILES string of the molecule is CN1Cc2c(Br)ccc(Nc3nc(Nc4ccc(CP(=O)([O-])[O-])cc4)ncc3C(F)(F)F)c2C1=O. The van der Waals surface area contributed by atoms with E-state index in [2.05, 4.69) is 36.5 Å². The maximum Gasteiger partial charge on any atom is 0.421 e. The van der Waals surface area contributed by atoms with Gasteiger partial charge < -0.3 is 29.9 Å². The van der Waals surface area contributed by atoms with Gasteiger partial charge in [-0.2, -0.15) is 18.2 Å². The van der Waals surface area contributed by atoms with Crippen molar-refractivity contribution in [1.29, 1.82) is 0 Å². The predicted octanol–water partition coefficient (Wildman–Crippen LogP) is 3.74. The van der Waals surface area contributed by atoms with Crippen LogP contribution in [0.25, 0.3) is 0 Å². The number of hydrogen-bond acceptors (Lipinski definition) is 8. The number of nitrogens with zero attached hydrogens (tertiary/aromatic N) is 3. The van der Waals surface area contributed by atoms with Crippen LogP contribution in [0.5, 0.6) is 0 Å². The highest BCUT2D eigenvalue weighted by Crippen LogP contribution is 2.39. The highest BCUT2D eigenvalue weighted by atomic mass is 79.9. The fourth-order valence-corrected chi connectivity index (χ4v) is 4.66. The van der Waals surface area contributed by atoms with Gasteiger partial charge in [0.15, 0.2) is 0 Å². The Hall–Kier alpha value is -2.99. The third kappa shape index (κ3) is 5.64. The van der Waals surface area contributed by atoms with Crippen molar-refractivity contribution in [3.8, 4) is 0 Å². The van der Waals surface area contributed by atoms with E-state index in [-0.39, 0.29) is 28.7 Å². The molecule has 35 heavy (non-hydrogen) atoms. The third-order valence-corrected chi connectivity index (χ3v) is 6.64. The van der Waals surface area contributed by atoms with Crippen molar-refractivity contribution >= 4 is 52.6 Å². The molecule has 1 amide bonds. The van der Waals surface area contributed by atoms with Crippen LogP contribution in [0.3, 0.4) is 0 Å². The lowest BCUT2D eigenvalue weighted by atomic mass is 10.1. The summed E-state index contributed by atoms with van der Waals surface area (Å²) in [5.74, 6) is -1.08. The summed E-state index contributed by atoms with van der Waals surface area (Å²) in [6.07, 6.45) is -4.82. The lowest BCUT2D eigenvalue weighted by molar-refractivity contribution is -0.314. The van der Waals surface area contributed by atoms with Crippen molar-refractivity contribution in [2.75, 3.05) is 17.7 Å². The van der Waals surface area contributed by atoms with Crippen molar-refractivity contribution in [3.63, 3.8) is 0 Å². The van der Waals surface area contributed by atoms with Gasteiger partial charge in [0, 0.05) is 41.7 Å². The van der Waals surface area contributed by atoms with Gasteiger partial charge in [-0.1, -0.05) is 35.7 Å². The Labute approximate surface area is 205 Å². The molecule has 3 aromatic rings. The van der Waals surface area contributed by atoms with E-state index in [4.69, 9.17) is 0 Å². The molecule has 0 radical (unpaired) electrons. The van der Waals surface area contributed by atoms with Crippen LogP contribution >= 0.6 is 23.5 Å². The molecular weight excluding hydrogens is 554 g/mol. The standard InChI is InChI=1S/C21H18BrF3N5O4P/c1-30-9-13-15(22)6-7-16(17(13)19(30)31)28-18-14(21(23,24)25)8-26-20(29-18)27-12-4-2-11(3-5-12)10-35(32,33)34/h2-8H,9-10H2,1H3,(H2,32,33,34)(H2,26,27,28,29)/p-2. The topological polar surface area (TPSA) is 133 Å². The van der Waals surface area contributed by atoms with Gasteiger partial charge in [0.25, 0.3) is 5.91 Å². The highest BCUT2D eigenvalue weighted by molar-refractivity contribution is 9.10. The minimum absolute atomic E-state index is 0.164. The normalized spacial score (nSPS) is 13.7. The minimum atomic E-state index is -4.77. The van der Waals surface area contributed by atoms with Crippen molar-refractivity contribution < 1.29 is 32.3 Å². The molecule has 9 nitrogen and oxygen atoms in total. The number of nitrogens with one attached hydrogen (secondary N) is 2. The molecule has 1 aromatic heterocycles. The summed E-state index contributed by atoms with van der Waals surface area (Å²) in [7, 11) is -3.15. The number of benzene rings is 2. The van der Waals surface area contributed by atoms with Gasteiger partial charge in [-0.05, 0) is 29.8 Å². The molecule has 0 fully saturated rings. The first kappa shape index (κ1) is 25.1. The third-order valence-electron chi connectivity index (χ3n) is 5.15. The molecule has 4 rings (SSSR count). The second kappa shape index (κ2) is 9.23. The minimum Gasteiger partial charge on any atom is -0.810 e. The Morgan fingerprint density at radius 2 is 1.83 bits per heavy atom. The summed E-state index contributed by atoms with van der Waals surface area (Å²) >= 11 is 3.37. The van der Waals surface area contributed by atoms with E-state index < -0.39 is 31.3 Å². The Morgan fingerprint density at radius 3 is 2.46 bits per heavy atom. The van der Waals surface area contributed by atoms with Gasteiger partial charge in [-0.25, -0.2) is 4.98 Å². The number of halogens is 4. The van der Waals surface area contributed by atoms with Crippen LogP contribution in [0.4, 0.5) is 36.3 Å². The second-order valence-electron chi connectivity index (χ2n) is 7.78. The summed E-state index contributed by atoms with van der Waals surface area (Å²) in [6, 6.07) is 8.78. The zero-order valence-corrected chi connectivity index (χ0v) is 20.4. The number of amides is 1. The predicted molar refractivity (Wildman–Crippen MR) is 121 cm³/mol. The molecule has 0 spiro atoms. The number of aromatic nitrogens is 2. The van der Waals surface area contributed by atoms with Crippen molar-refractivity contribution in [2.24, 2.45) is 0 Å². The molecule has 0 atom stereocenters. The maximum atomic E-state index is 13.7. The highest BCUT2D eigenvalue weighted by Gasteiger charge is 2.36. The summed E-state index contributed by atoms with van der Waals surface area (Å²) in [5, 5.41) is 5.38. The summed E-state index contributed by atoms with van der Waals surface area (Å²) in [5.41, 5.74) is 0.537. The summed E-state index contributed by atoms with van der Waals surface area (Å²) in [4.78, 5) is 43.6. The molecule has 184 valence electrons. The lowest BCUT2D eigenvalue weighted by Gasteiger charge is -2.29. The van der Waals surface area contributed by atoms with Crippen molar-refractivity contribution in [1.82, 2.24) is 14.9 Å². The molecule has 14 heteroatoms. The largest absolute Gasteiger partial charge is 0.810 e. The summed E-state index contributed by atoms with van der Waals surface area (Å²) < 4.78 is 52.6. The molecule has 0 bridgehead atoms. The van der Waals surface area contributed by atoms with E-state index >= 15 is 0 Å². The van der Waals surface area contributed by atoms with Crippen LogP contribution in [0.1, 0.15) is 27.0 Å². The molecule has 0 saturated carbocycles. The lowest BCUT2D eigenvalue weighted by Crippen LogP contribution is -2.18. The number of carbonyl (C=O) groups excluding carboxylic acids is 1. The molecule has 1 aliphatic rings. The summed E-state index contributed by atoms with van der Waals surface area (Å²) in [6.45, 7) is 0.303. The number of anilines is 4. The fraction of sp³-hybridized carbons (Fsp3) is 0.190. The maximum absolute atomic E-state index is 13.7. The van der Waals surface area contributed by atoms with Crippen LogP contribution in [-0.2, 0) is 23.4 Å². The second-order valence-corrected chi connectivity index (χ2v) is 10.2. The molecule has 0 unspecified atom stereocenters. The quantitative estimate of drug-likeness (QED) is 0.429. The molecule has 0 saturated heterocycles. The Bertz CT molecular complexity index is 1350. The van der Waals surface area contributed by atoms with Gasteiger partial charge >= 0.3 is 6.18 Å². The Morgan fingerprint density at radius 1 is 1.14 bits per heavy atom. The molecule has 0 aliphatic carbocycles. The van der Waals surface area contributed by atoms with E-state index in [1.165, 1.54) is 35.2 Å². The van der Waals surface area contributed by atoms with E-state index in [0.29, 0.717) is 28.5 Å². The zero-order chi connectivity index (χ0) is 25.5. The van der Waals surface area contributed by atoms with Gasteiger partial charge in [0.1, 0.15) is 11.4 Å². The number of hydrogen-bond donors (Lipinski definition) is 2. The average molecular weight is 570 g/mol. The molecular formula is C21H16BrF3N5O4P-2. The number of rotatable bonds is 6. The van der Waals surface area contributed by atoms with E-state index in [9.17, 15) is 32.3 Å². The van der Waals surface area contributed by atoms with E-state index in [1.807, 2.05) is 0 Å². The van der Waals surface area contributed by atoms with Crippen molar-refractivity contribution in [2.45, 2.75) is 18.9 Å². The first-order valence-corrected chi connectivity index (χ1v) is 12.5. The number of fused-ring (bicyclic) bond motifs is 1. The van der Waals surface area contributed by atoms with Crippen LogP contribution in [0.2, 0.25) is 0 Å². The number of alkyl halides is 3. The van der Waals surface area contributed by atoms with E-state index in [0.717, 1.165) is 0 Å². The van der Waals surface area contributed by atoms with Gasteiger partial charge in [-0.15, -0.1) is 0 Å². The van der Waals surface area contributed by atoms with Gasteiger partial charge in [-0.3, -0.25) is 4.79 Å². The molecule has 2 aromatic carbocycles. The van der Waals surface area contributed by atoms with Crippen LogP contribution in [0.15, 0.2) is 47.1 Å². The molecule has 2 heterocycles.